The SMILES string of the molecule is CCCCc1ccc(-n2nnnc2SCC(=O)N2CCC(C(N)=O)CC2)cc1. The van der Waals surface area contributed by atoms with Gasteiger partial charge in [-0.15, -0.1) is 5.10 Å². The van der Waals surface area contributed by atoms with Crippen LogP contribution in [0.15, 0.2) is 29.4 Å². The molecular weight excluding hydrogens is 376 g/mol. The molecule has 2 N–H and O–H groups in total. The van der Waals surface area contributed by atoms with Crippen LogP contribution in [0, 0.1) is 5.92 Å². The van der Waals surface area contributed by atoms with Crippen LogP contribution in [0.4, 0.5) is 0 Å². The van der Waals surface area contributed by atoms with Gasteiger partial charge in [-0.2, -0.15) is 4.68 Å². The number of thioether (sulfide) groups is 1. The maximum atomic E-state index is 12.5. The van der Waals surface area contributed by atoms with Crippen molar-refractivity contribution in [1.82, 2.24) is 25.1 Å². The molecular formula is C19H26N6O2S. The third-order valence-electron chi connectivity index (χ3n) is 5.02. The van der Waals surface area contributed by atoms with Gasteiger partial charge >= 0.3 is 0 Å². The highest BCUT2D eigenvalue weighted by Gasteiger charge is 2.26. The highest BCUT2D eigenvalue weighted by atomic mass is 32.2. The molecule has 1 aliphatic rings. The summed E-state index contributed by atoms with van der Waals surface area (Å²) in [6, 6.07) is 8.19. The van der Waals surface area contributed by atoms with E-state index in [1.165, 1.54) is 30.2 Å². The molecule has 2 aromatic rings. The Hall–Kier alpha value is -2.42. The largest absolute Gasteiger partial charge is 0.369 e. The van der Waals surface area contributed by atoms with Gasteiger partial charge in [-0.3, -0.25) is 9.59 Å². The summed E-state index contributed by atoms with van der Waals surface area (Å²) >= 11 is 1.32. The molecule has 0 saturated carbocycles. The Morgan fingerprint density at radius 2 is 1.93 bits per heavy atom. The number of primary amides is 1. The molecule has 0 bridgehead atoms. The van der Waals surface area contributed by atoms with Gasteiger partial charge in [-0.1, -0.05) is 37.2 Å². The Balaban J connectivity index is 1.56. The summed E-state index contributed by atoms with van der Waals surface area (Å²) in [4.78, 5) is 25.5. The number of hydrogen-bond acceptors (Lipinski definition) is 6. The van der Waals surface area contributed by atoms with E-state index in [4.69, 9.17) is 5.73 Å². The standard InChI is InChI=1S/C19H26N6O2S/c1-2-3-4-14-5-7-16(8-6-14)25-19(21-22-23-25)28-13-17(26)24-11-9-15(10-12-24)18(20)27/h5-8,15H,2-4,9-13H2,1H3,(H2,20,27). The number of amides is 2. The summed E-state index contributed by atoms with van der Waals surface area (Å²) in [5.41, 5.74) is 7.52. The predicted molar refractivity (Wildman–Crippen MR) is 107 cm³/mol. The molecule has 1 aliphatic heterocycles. The molecule has 1 fully saturated rings. The molecule has 3 rings (SSSR count). The van der Waals surface area contributed by atoms with E-state index in [2.05, 4.69) is 34.6 Å². The Morgan fingerprint density at radius 1 is 1.21 bits per heavy atom. The molecule has 2 amide bonds. The molecule has 0 radical (unpaired) electrons. The first-order chi connectivity index (χ1) is 13.6. The minimum atomic E-state index is -0.277. The molecule has 0 aliphatic carbocycles. The molecule has 0 unspecified atom stereocenters. The molecule has 28 heavy (non-hydrogen) atoms. The zero-order chi connectivity index (χ0) is 19.9. The van der Waals surface area contributed by atoms with Crippen LogP contribution < -0.4 is 5.73 Å². The van der Waals surface area contributed by atoms with Crippen LogP contribution in [-0.4, -0.2) is 55.8 Å². The molecule has 0 atom stereocenters. The number of unbranched alkanes of at least 4 members (excludes halogenated alkanes) is 1. The number of nitrogens with zero attached hydrogens (tertiary/aromatic N) is 5. The van der Waals surface area contributed by atoms with Crippen molar-refractivity contribution in [2.24, 2.45) is 11.7 Å². The van der Waals surface area contributed by atoms with Crippen molar-refractivity contribution in [1.29, 1.82) is 0 Å². The molecule has 8 nitrogen and oxygen atoms in total. The summed E-state index contributed by atoms with van der Waals surface area (Å²) in [6.45, 7) is 3.31. The second-order valence-electron chi connectivity index (χ2n) is 6.99. The minimum Gasteiger partial charge on any atom is -0.369 e. The first kappa shape index (κ1) is 20.3. The number of carbonyl (C=O) groups is 2. The average molecular weight is 403 g/mol. The third-order valence-corrected chi connectivity index (χ3v) is 5.92. The van der Waals surface area contributed by atoms with Crippen LogP contribution in [0.1, 0.15) is 38.2 Å². The number of hydrogen-bond donors (Lipinski definition) is 1. The van der Waals surface area contributed by atoms with Gasteiger partial charge in [0.25, 0.3) is 0 Å². The van der Waals surface area contributed by atoms with Crippen LogP contribution in [-0.2, 0) is 16.0 Å². The summed E-state index contributed by atoms with van der Waals surface area (Å²) in [5.74, 6) is -0.112. The first-order valence-corrected chi connectivity index (χ1v) is 10.6. The number of carbonyl (C=O) groups excluding carboxylic acids is 2. The van der Waals surface area contributed by atoms with E-state index in [9.17, 15) is 9.59 Å². The van der Waals surface area contributed by atoms with Crippen molar-refractivity contribution in [3.63, 3.8) is 0 Å². The van der Waals surface area contributed by atoms with E-state index >= 15 is 0 Å². The molecule has 150 valence electrons. The Labute approximate surface area is 168 Å². The Morgan fingerprint density at radius 3 is 2.57 bits per heavy atom. The Bertz CT molecular complexity index is 799. The van der Waals surface area contributed by atoms with Gasteiger partial charge in [0.15, 0.2) is 0 Å². The van der Waals surface area contributed by atoms with Gasteiger partial charge in [0.2, 0.25) is 17.0 Å². The van der Waals surface area contributed by atoms with E-state index in [-0.39, 0.29) is 23.5 Å². The molecule has 1 saturated heterocycles. The molecule has 1 aromatic carbocycles. The second-order valence-corrected chi connectivity index (χ2v) is 7.93. The second kappa shape index (κ2) is 9.68. The number of aryl methyl sites for hydroxylation is 1. The zero-order valence-electron chi connectivity index (χ0n) is 16.1. The maximum absolute atomic E-state index is 12.5. The van der Waals surface area contributed by atoms with Gasteiger partial charge in [-0.25, -0.2) is 0 Å². The van der Waals surface area contributed by atoms with E-state index < -0.39 is 0 Å². The highest BCUT2D eigenvalue weighted by Crippen LogP contribution is 2.21. The molecule has 9 heteroatoms. The van der Waals surface area contributed by atoms with Gasteiger partial charge in [-0.05, 0) is 53.8 Å². The number of benzene rings is 1. The van der Waals surface area contributed by atoms with Crippen molar-refractivity contribution >= 4 is 23.6 Å². The smallest absolute Gasteiger partial charge is 0.233 e. The number of rotatable bonds is 8. The first-order valence-electron chi connectivity index (χ1n) is 9.66. The van der Waals surface area contributed by atoms with Gasteiger partial charge in [0, 0.05) is 19.0 Å². The number of aromatic nitrogens is 4. The predicted octanol–water partition coefficient (Wildman–Crippen LogP) is 1.82. The number of likely N-dealkylation sites (tertiary alicyclic amines) is 1. The van der Waals surface area contributed by atoms with Crippen LogP contribution in [0.25, 0.3) is 5.69 Å². The Kier molecular flexibility index (Phi) is 7.02. The van der Waals surface area contributed by atoms with Crippen LogP contribution >= 0.6 is 11.8 Å². The third kappa shape index (κ3) is 5.09. The van der Waals surface area contributed by atoms with E-state index in [0.717, 1.165) is 12.1 Å². The van der Waals surface area contributed by atoms with Gasteiger partial charge in [0.1, 0.15) is 0 Å². The van der Waals surface area contributed by atoms with E-state index in [1.54, 1.807) is 9.58 Å². The fourth-order valence-corrected chi connectivity index (χ4v) is 4.04. The van der Waals surface area contributed by atoms with Crippen molar-refractivity contribution < 1.29 is 9.59 Å². The van der Waals surface area contributed by atoms with Crippen LogP contribution in [0.3, 0.4) is 0 Å². The monoisotopic (exact) mass is 402 g/mol. The normalized spacial score (nSPS) is 15.0. The lowest BCUT2D eigenvalue weighted by Gasteiger charge is -2.30. The summed E-state index contributed by atoms with van der Waals surface area (Å²) < 4.78 is 1.65. The lowest BCUT2D eigenvalue weighted by atomic mass is 9.96. The number of tetrazole rings is 1. The van der Waals surface area contributed by atoms with Crippen LogP contribution in [0.2, 0.25) is 0 Å². The lowest BCUT2D eigenvalue weighted by molar-refractivity contribution is -0.132. The fraction of sp³-hybridized carbons (Fsp3) is 0.526. The summed E-state index contributed by atoms with van der Waals surface area (Å²) in [7, 11) is 0. The van der Waals surface area contributed by atoms with Crippen molar-refractivity contribution in [3.8, 4) is 5.69 Å². The number of nitrogens with two attached hydrogens (primary N) is 1. The van der Waals surface area contributed by atoms with E-state index in [0.29, 0.717) is 31.1 Å². The minimum absolute atomic E-state index is 0.0254. The molecule has 0 spiro atoms. The topological polar surface area (TPSA) is 107 Å². The van der Waals surface area contributed by atoms with Crippen molar-refractivity contribution in [2.45, 2.75) is 44.2 Å². The van der Waals surface area contributed by atoms with Crippen molar-refractivity contribution in [2.75, 3.05) is 18.8 Å². The lowest BCUT2D eigenvalue weighted by Crippen LogP contribution is -2.42. The molecule has 1 aromatic heterocycles. The van der Waals surface area contributed by atoms with Gasteiger partial charge in [0.05, 0.1) is 11.4 Å². The summed E-state index contributed by atoms with van der Waals surface area (Å²) in [5, 5.41) is 12.4. The fourth-order valence-electron chi connectivity index (χ4n) is 3.25. The quantitative estimate of drug-likeness (QED) is 0.675. The number of piperidine rings is 1. The maximum Gasteiger partial charge on any atom is 0.233 e. The zero-order valence-corrected chi connectivity index (χ0v) is 16.9. The highest BCUT2D eigenvalue weighted by molar-refractivity contribution is 7.99. The van der Waals surface area contributed by atoms with Crippen molar-refractivity contribution in [3.05, 3.63) is 29.8 Å². The summed E-state index contributed by atoms with van der Waals surface area (Å²) in [6.07, 6.45) is 4.67. The van der Waals surface area contributed by atoms with E-state index in [1.807, 2.05) is 12.1 Å². The van der Waals surface area contributed by atoms with Crippen LogP contribution in [0.5, 0.6) is 0 Å². The molecule has 2 heterocycles. The average Bonchev–Trinajstić information content (AvgIpc) is 3.19. The van der Waals surface area contributed by atoms with Gasteiger partial charge < -0.3 is 10.6 Å².